The number of carbonyl (C=O) groups excluding carboxylic acids is 2. The molecule has 1 aliphatic rings. The SMILES string of the molecule is Cc1ccc2c(CC(=O)NNC(=O)c3cc4c(s3)CCC4)coc2c1C. The van der Waals surface area contributed by atoms with E-state index >= 15 is 0 Å². The Balaban J connectivity index is 1.39. The number of hydrazine groups is 1. The topological polar surface area (TPSA) is 71.3 Å². The van der Waals surface area contributed by atoms with E-state index in [1.54, 1.807) is 6.26 Å². The van der Waals surface area contributed by atoms with Crippen molar-refractivity contribution >= 4 is 34.1 Å². The molecule has 2 aromatic heterocycles. The van der Waals surface area contributed by atoms with Gasteiger partial charge in [-0.3, -0.25) is 20.4 Å². The van der Waals surface area contributed by atoms with E-state index in [0.29, 0.717) is 4.88 Å². The van der Waals surface area contributed by atoms with Gasteiger partial charge in [-0.25, -0.2) is 0 Å². The van der Waals surface area contributed by atoms with Crippen molar-refractivity contribution in [2.24, 2.45) is 0 Å². The summed E-state index contributed by atoms with van der Waals surface area (Å²) in [5.41, 5.74) is 10.1. The molecule has 5 nitrogen and oxygen atoms in total. The lowest BCUT2D eigenvalue weighted by Gasteiger charge is -2.06. The lowest BCUT2D eigenvalue weighted by Crippen LogP contribution is -2.42. The first kappa shape index (κ1) is 16.8. The second kappa shape index (κ2) is 6.61. The van der Waals surface area contributed by atoms with Gasteiger partial charge in [-0.15, -0.1) is 11.3 Å². The van der Waals surface area contributed by atoms with Gasteiger partial charge in [0.05, 0.1) is 17.6 Å². The molecule has 3 aromatic rings. The molecule has 4 rings (SSSR count). The summed E-state index contributed by atoms with van der Waals surface area (Å²) in [7, 11) is 0. The summed E-state index contributed by atoms with van der Waals surface area (Å²) in [4.78, 5) is 26.4. The first-order valence-electron chi connectivity index (χ1n) is 8.70. The highest BCUT2D eigenvalue weighted by Gasteiger charge is 2.19. The Morgan fingerprint density at radius 1 is 1.19 bits per heavy atom. The fourth-order valence-electron chi connectivity index (χ4n) is 3.37. The van der Waals surface area contributed by atoms with E-state index in [0.717, 1.165) is 46.9 Å². The van der Waals surface area contributed by atoms with Crippen LogP contribution in [0, 0.1) is 13.8 Å². The van der Waals surface area contributed by atoms with E-state index in [2.05, 4.69) is 10.9 Å². The zero-order chi connectivity index (χ0) is 18.3. The highest BCUT2D eigenvalue weighted by molar-refractivity contribution is 7.14. The molecule has 6 heteroatoms. The number of fused-ring (bicyclic) bond motifs is 2. The Hall–Kier alpha value is -2.60. The van der Waals surface area contributed by atoms with Gasteiger partial charge in [-0.1, -0.05) is 12.1 Å². The average molecular weight is 368 g/mol. The number of hydrogen-bond acceptors (Lipinski definition) is 4. The molecule has 0 fully saturated rings. The summed E-state index contributed by atoms with van der Waals surface area (Å²) < 4.78 is 5.63. The smallest absolute Gasteiger partial charge is 0.279 e. The maximum absolute atomic E-state index is 12.2. The molecule has 26 heavy (non-hydrogen) atoms. The second-order valence-electron chi connectivity index (χ2n) is 6.74. The van der Waals surface area contributed by atoms with Crippen LogP contribution in [0.4, 0.5) is 0 Å². The molecule has 0 aliphatic heterocycles. The first-order valence-corrected chi connectivity index (χ1v) is 9.51. The predicted octanol–water partition coefficient (Wildman–Crippen LogP) is 3.60. The van der Waals surface area contributed by atoms with Crippen LogP contribution in [-0.4, -0.2) is 11.8 Å². The highest BCUT2D eigenvalue weighted by atomic mass is 32.1. The van der Waals surface area contributed by atoms with Crippen LogP contribution in [0.5, 0.6) is 0 Å². The Morgan fingerprint density at radius 3 is 2.85 bits per heavy atom. The maximum Gasteiger partial charge on any atom is 0.279 e. The number of aryl methyl sites for hydroxylation is 4. The molecule has 0 unspecified atom stereocenters. The minimum atomic E-state index is -0.275. The van der Waals surface area contributed by atoms with Crippen molar-refractivity contribution in [2.45, 2.75) is 39.5 Å². The van der Waals surface area contributed by atoms with Crippen molar-refractivity contribution in [3.63, 3.8) is 0 Å². The number of thiophene rings is 1. The zero-order valence-corrected chi connectivity index (χ0v) is 15.6. The van der Waals surface area contributed by atoms with Crippen LogP contribution < -0.4 is 10.9 Å². The van der Waals surface area contributed by atoms with Crippen LogP contribution in [0.1, 0.15) is 43.2 Å². The molecule has 1 aliphatic carbocycles. The number of amides is 2. The van der Waals surface area contributed by atoms with Crippen molar-refractivity contribution in [1.82, 2.24) is 10.9 Å². The first-order chi connectivity index (χ1) is 12.5. The minimum Gasteiger partial charge on any atom is -0.464 e. The minimum absolute atomic E-state index is 0.150. The van der Waals surface area contributed by atoms with E-state index in [-0.39, 0.29) is 18.2 Å². The van der Waals surface area contributed by atoms with Crippen molar-refractivity contribution < 1.29 is 14.0 Å². The van der Waals surface area contributed by atoms with Crippen molar-refractivity contribution in [3.8, 4) is 0 Å². The van der Waals surface area contributed by atoms with Crippen molar-refractivity contribution in [1.29, 1.82) is 0 Å². The number of carbonyl (C=O) groups is 2. The Kier molecular flexibility index (Phi) is 4.28. The predicted molar refractivity (Wildman–Crippen MR) is 101 cm³/mol. The highest BCUT2D eigenvalue weighted by Crippen LogP contribution is 2.30. The summed E-state index contributed by atoms with van der Waals surface area (Å²) >= 11 is 1.51. The summed E-state index contributed by atoms with van der Waals surface area (Å²) in [5.74, 6) is -0.537. The van der Waals surface area contributed by atoms with Crippen LogP contribution in [-0.2, 0) is 24.1 Å². The molecular weight excluding hydrogens is 348 g/mol. The quantitative estimate of drug-likeness (QED) is 0.694. The van der Waals surface area contributed by atoms with Gasteiger partial charge in [0.15, 0.2) is 0 Å². The van der Waals surface area contributed by atoms with Gasteiger partial charge in [-0.2, -0.15) is 0 Å². The third kappa shape index (κ3) is 3.01. The van der Waals surface area contributed by atoms with Gasteiger partial charge in [0.1, 0.15) is 5.58 Å². The molecule has 0 saturated heterocycles. The molecule has 0 bridgehead atoms. The molecule has 2 N–H and O–H groups in total. The molecule has 0 spiro atoms. The molecule has 0 saturated carbocycles. The third-order valence-corrected chi connectivity index (χ3v) is 6.21. The normalized spacial score (nSPS) is 13.0. The van der Waals surface area contributed by atoms with Crippen LogP contribution in [0.2, 0.25) is 0 Å². The number of rotatable bonds is 3. The van der Waals surface area contributed by atoms with Crippen LogP contribution in [0.15, 0.2) is 28.9 Å². The lowest BCUT2D eigenvalue weighted by atomic mass is 10.0. The van der Waals surface area contributed by atoms with E-state index in [4.69, 9.17) is 4.42 Å². The van der Waals surface area contributed by atoms with Gasteiger partial charge < -0.3 is 4.42 Å². The molecule has 134 valence electrons. The zero-order valence-electron chi connectivity index (χ0n) is 14.8. The Labute approximate surface area is 155 Å². The van der Waals surface area contributed by atoms with Crippen LogP contribution in [0.3, 0.4) is 0 Å². The van der Waals surface area contributed by atoms with Gasteiger partial charge in [-0.05, 0) is 55.9 Å². The number of benzene rings is 1. The standard InChI is InChI=1S/C20H20N2O3S/c1-11-6-7-15-14(10-25-19(15)12(11)2)9-18(23)21-22-20(24)17-8-13-4-3-5-16(13)26-17/h6-8,10H,3-5,9H2,1-2H3,(H,21,23)(H,22,24). The molecular formula is C20H20N2O3S. The monoisotopic (exact) mass is 368 g/mol. The van der Waals surface area contributed by atoms with E-state index < -0.39 is 0 Å². The summed E-state index contributed by atoms with van der Waals surface area (Å²) in [6.45, 7) is 4.03. The lowest BCUT2D eigenvalue weighted by molar-refractivity contribution is -0.121. The Morgan fingerprint density at radius 2 is 2.04 bits per heavy atom. The fraction of sp³-hybridized carbons (Fsp3) is 0.300. The molecule has 0 radical (unpaired) electrons. The van der Waals surface area contributed by atoms with E-state index in [1.807, 2.05) is 32.0 Å². The van der Waals surface area contributed by atoms with Gasteiger partial charge >= 0.3 is 0 Å². The second-order valence-corrected chi connectivity index (χ2v) is 7.87. The van der Waals surface area contributed by atoms with Gasteiger partial charge in [0.2, 0.25) is 5.91 Å². The summed E-state index contributed by atoms with van der Waals surface area (Å²) in [5, 5.41) is 0.934. The van der Waals surface area contributed by atoms with Gasteiger partial charge in [0.25, 0.3) is 5.91 Å². The molecule has 2 heterocycles. The average Bonchev–Trinajstić information content (AvgIpc) is 3.31. The van der Waals surface area contributed by atoms with E-state index in [1.165, 1.54) is 21.8 Å². The third-order valence-electron chi connectivity index (χ3n) is 4.98. The summed E-state index contributed by atoms with van der Waals surface area (Å²) in [6.07, 6.45) is 5.01. The Bertz CT molecular complexity index is 994. The summed E-state index contributed by atoms with van der Waals surface area (Å²) in [6, 6.07) is 5.92. The van der Waals surface area contributed by atoms with Gasteiger partial charge in [0, 0.05) is 15.8 Å². The number of hydrogen-bond donors (Lipinski definition) is 2. The number of furan rings is 1. The van der Waals surface area contributed by atoms with E-state index in [9.17, 15) is 9.59 Å². The van der Waals surface area contributed by atoms with Crippen molar-refractivity contribution in [2.75, 3.05) is 0 Å². The molecule has 0 atom stereocenters. The molecule has 1 aromatic carbocycles. The van der Waals surface area contributed by atoms with Crippen molar-refractivity contribution in [3.05, 3.63) is 56.5 Å². The van der Waals surface area contributed by atoms with Crippen LogP contribution >= 0.6 is 11.3 Å². The largest absolute Gasteiger partial charge is 0.464 e. The number of nitrogens with one attached hydrogen (secondary N) is 2. The maximum atomic E-state index is 12.2. The van der Waals surface area contributed by atoms with Crippen LogP contribution in [0.25, 0.3) is 11.0 Å². The fourth-order valence-corrected chi connectivity index (χ4v) is 4.52. The molecule has 2 amide bonds.